The van der Waals surface area contributed by atoms with Gasteiger partial charge in [-0.25, -0.2) is 4.98 Å². The lowest BCUT2D eigenvalue weighted by Crippen LogP contribution is -2.32. The molecule has 0 aliphatic heterocycles. The highest BCUT2D eigenvalue weighted by molar-refractivity contribution is 7.18. The molecule has 4 rings (SSSR count). The van der Waals surface area contributed by atoms with E-state index in [2.05, 4.69) is 10.3 Å². The second-order valence-electron chi connectivity index (χ2n) is 6.83. The van der Waals surface area contributed by atoms with Gasteiger partial charge in [0.25, 0.3) is 5.56 Å². The Bertz CT molecular complexity index is 1020. The summed E-state index contributed by atoms with van der Waals surface area (Å²) in [6.45, 7) is 2.48. The van der Waals surface area contributed by atoms with Gasteiger partial charge in [0, 0.05) is 11.4 Å². The lowest BCUT2D eigenvalue weighted by molar-refractivity contribution is -0.121. The number of amides is 1. The van der Waals surface area contributed by atoms with Gasteiger partial charge in [0.05, 0.1) is 11.7 Å². The molecule has 1 aliphatic rings. The van der Waals surface area contributed by atoms with Crippen LogP contribution >= 0.6 is 11.3 Å². The molecule has 1 N–H and O–H groups in total. The molecule has 0 spiro atoms. The molecule has 1 aromatic carbocycles. The number of aryl methyl sites for hydroxylation is 3. The van der Waals surface area contributed by atoms with Crippen molar-refractivity contribution >= 4 is 27.5 Å². The minimum absolute atomic E-state index is 0.00173. The maximum Gasteiger partial charge on any atom is 0.262 e. The average Bonchev–Trinajstić information content (AvgIpc) is 3.03. The number of carbonyl (C=O) groups excluding carboxylic acids is 1. The molecular weight excluding hydrogens is 346 g/mol. The fourth-order valence-electron chi connectivity index (χ4n) is 3.41. The van der Waals surface area contributed by atoms with Crippen molar-refractivity contribution in [2.75, 3.05) is 0 Å². The fourth-order valence-corrected chi connectivity index (χ4v) is 4.63. The minimum Gasteiger partial charge on any atom is -0.350 e. The summed E-state index contributed by atoms with van der Waals surface area (Å²) in [4.78, 5) is 31.7. The largest absolute Gasteiger partial charge is 0.350 e. The molecule has 1 amide bonds. The molecule has 0 unspecified atom stereocenters. The third-order valence-corrected chi connectivity index (χ3v) is 6.07. The van der Waals surface area contributed by atoms with Gasteiger partial charge in [-0.3, -0.25) is 14.2 Å². The first-order valence-electron chi connectivity index (χ1n) is 8.94. The number of fused-ring (bicyclic) bond motifs is 3. The van der Waals surface area contributed by atoms with Crippen LogP contribution in [0.25, 0.3) is 10.2 Å². The minimum atomic E-state index is -0.182. The molecule has 0 saturated heterocycles. The summed E-state index contributed by atoms with van der Waals surface area (Å²) in [7, 11) is 0. The molecule has 0 fully saturated rings. The zero-order valence-electron chi connectivity index (χ0n) is 14.7. The van der Waals surface area contributed by atoms with Crippen LogP contribution < -0.4 is 10.9 Å². The van der Waals surface area contributed by atoms with Gasteiger partial charge < -0.3 is 5.32 Å². The average molecular weight is 367 g/mol. The van der Waals surface area contributed by atoms with E-state index in [0.29, 0.717) is 6.54 Å². The topological polar surface area (TPSA) is 64.0 Å². The van der Waals surface area contributed by atoms with E-state index in [1.807, 2.05) is 31.2 Å². The summed E-state index contributed by atoms with van der Waals surface area (Å²) in [6.07, 6.45) is 5.76. The number of hydrogen-bond donors (Lipinski definition) is 1. The molecule has 6 heteroatoms. The number of nitrogens with one attached hydrogen (secondary N) is 1. The van der Waals surface area contributed by atoms with Gasteiger partial charge in [-0.1, -0.05) is 29.8 Å². The zero-order chi connectivity index (χ0) is 18.1. The highest BCUT2D eigenvalue weighted by Gasteiger charge is 2.20. The zero-order valence-corrected chi connectivity index (χ0v) is 15.6. The Labute approximate surface area is 155 Å². The maximum absolute atomic E-state index is 12.9. The van der Waals surface area contributed by atoms with Gasteiger partial charge in [-0.2, -0.15) is 0 Å². The number of aromatic nitrogens is 2. The number of benzene rings is 1. The monoisotopic (exact) mass is 367 g/mol. The van der Waals surface area contributed by atoms with E-state index in [1.165, 1.54) is 27.8 Å². The first-order valence-corrected chi connectivity index (χ1v) is 9.75. The van der Waals surface area contributed by atoms with E-state index in [1.54, 1.807) is 11.3 Å². The Kier molecular flexibility index (Phi) is 4.59. The van der Waals surface area contributed by atoms with E-state index in [-0.39, 0.29) is 18.0 Å². The van der Waals surface area contributed by atoms with Crippen LogP contribution in [0, 0.1) is 6.92 Å². The Morgan fingerprint density at radius 2 is 2.00 bits per heavy atom. The summed E-state index contributed by atoms with van der Waals surface area (Å²) in [5, 5.41) is 3.60. The van der Waals surface area contributed by atoms with Crippen molar-refractivity contribution in [1.29, 1.82) is 0 Å². The Balaban J connectivity index is 1.51. The molecule has 2 heterocycles. The summed E-state index contributed by atoms with van der Waals surface area (Å²) in [5.74, 6) is -0.182. The SMILES string of the molecule is Cc1ccc(CNC(=O)Cn2cnc3sc4c(c3c2=O)CCCC4)cc1. The lowest BCUT2D eigenvalue weighted by atomic mass is 9.97. The third kappa shape index (κ3) is 3.29. The quantitative estimate of drug-likeness (QED) is 0.771. The summed E-state index contributed by atoms with van der Waals surface area (Å²) in [5.41, 5.74) is 3.28. The van der Waals surface area contributed by atoms with E-state index in [4.69, 9.17) is 0 Å². The third-order valence-electron chi connectivity index (χ3n) is 4.87. The molecule has 0 saturated carbocycles. The Hall–Kier alpha value is -2.47. The first kappa shape index (κ1) is 17.0. The highest BCUT2D eigenvalue weighted by Crippen LogP contribution is 2.33. The van der Waals surface area contributed by atoms with Gasteiger partial charge in [0.1, 0.15) is 11.4 Å². The number of hydrogen-bond acceptors (Lipinski definition) is 4. The van der Waals surface area contributed by atoms with Crippen LogP contribution in [-0.2, 0) is 30.7 Å². The van der Waals surface area contributed by atoms with Crippen molar-refractivity contribution in [3.63, 3.8) is 0 Å². The van der Waals surface area contributed by atoms with E-state index in [0.717, 1.165) is 40.6 Å². The van der Waals surface area contributed by atoms with Crippen molar-refractivity contribution in [3.05, 3.63) is 62.5 Å². The molecular formula is C20H21N3O2S. The lowest BCUT2D eigenvalue weighted by Gasteiger charge is -2.10. The molecule has 0 bridgehead atoms. The van der Waals surface area contributed by atoms with Crippen LogP contribution in [0.2, 0.25) is 0 Å². The van der Waals surface area contributed by atoms with Gasteiger partial charge in [-0.15, -0.1) is 11.3 Å². The predicted molar refractivity (Wildman–Crippen MR) is 104 cm³/mol. The van der Waals surface area contributed by atoms with Crippen LogP contribution in [0.1, 0.15) is 34.4 Å². The van der Waals surface area contributed by atoms with Crippen molar-refractivity contribution in [3.8, 4) is 0 Å². The Morgan fingerprint density at radius 3 is 2.81 bits per heavy atom. The standard InChI is InChI=1S/C20H21N3O2S/c1-13-6-8-14(9-7-13)10-21-17(24)11-23-12-22-19-18(20(23)25)15-4-2-3-5-16(15)26-19/h6-9,12H,2-5,10-11H2,1H3,(H,21,24). The second-order valence-corrected chi connectivity index (χ2v) is 7.91. The molecule has 3 aromatic rings. The van der Waals surface area contributed by atoms with Gasteiger partial charge in [-0.05, 0) is 43.7 Å². The fraction of sp³-hybridized carbons (Fsp3) is 0.350. The van der Waals surface area contributed by atoms with Gasteiger partial charge in [0.2, 0.25) is 5.91 Å². The van der Waals surface area contributed by atoms with Crippen LogP contribution in [-0.4, -0.2) is 15.5 Å². The smallest absolute Gasteiger partial charge is 0.262 e. The number of carbonyl (C=O) groups is 1. The number of nitrogens with zero attached hydrogens (tertiary/aromatic N) is 2. The molecule has 26 heavy (non-hydrogen) atoms. The summed E-state index contributed by atoms with van der Waals surface area (Å²) < 4.78 is 1.43. The van der Waals surface area contributed by atoms with Crippen molar-refractivity contribution < 1.29 is 4.79 Å². The van der Waals surface area contributed by atoms with E-state index >= 15 is 0 Å². The molecule has 5 nitrogen and oxygen atoms in total. The molecule has 0 atom stereocenters. The van der Waals surface area contributed by atoms with Crippen LogP contribution in [0.15, 0.2) is 35.4 Å². The summed E-state index contributed by atoms with van der Waals surface area (Å²) >= 11 is 1.63. The molecule has 134 valence electrons. The molecule has 1 aliphatic carbocycles. The number of rotatable bonds is 4. The maximum atomic E-state index is 12.9. The highest BCUT2D eigenvalue weighted by atomic mass is 32.1. The van der Waals surface area contributed by atoms with Crippen LogP contribution in [0.5, 0.6) is 0 Å². The van der Waals surface area contributed by atoms with Crippen molar-refractivity contribution in [2.45, 2.75) is 45.7 Å². The van der Waals surface area contributed by atoms with Gasteiger partial charge in [0.15, 0.2) is 0 Å². The Morgan fingerprint density at radius 1 is 1.23 bits per heavy atom. The van der Waals surface area contributed by atoms with Crippen molar-refractivity contribution in [1.82, 2.24) is 14.9 Å². The van der Waals surface area contributed by atoms with Crippen LogP contribution in [0.3, 0.4) is 0 Å². The normalized spacial score (nSPS) is 13.6. The predicted octanol–water partition coefficient (Wildman–Crippen LogP) is 2.96. The number of thiophene rings is 1. The van der Waals surface area contributed by atoms with Gasteiger partial charge >= 0.3 is 0 Å². The second kappa shape index (κ2) is 7.03. The summed E-state index contributed by atoms with van der Waals surface area (Å²) in [6, 6.07) is 8.02. The van der Waals surface area contributed by atoms with Crippen LogP contribution in [0.4, 0.5) is 0 Å². The first-order chi connectivity index (χ1) is 12.6. The molecule has 0 radical (unpaired) electrons. The molecule has 2 aromatic heterocycles. The van der Waals surface area contributed by atoms with E-state index < -0.39 is 0 Å². The van der Waals surface area contributed by atoms with Crippen molar-refractivity contribution in [2.24, 2.45) is 0 Å². The van der Waals surface area contributed by atoms with E-state index in [9.17, 15) is 9.59 Å².